The molecule has 0 saturated carbocycles. The molecule has 2 rings (SSSR count). The molecule has 0 saturated heterocycles. The van der Waals surface area contributed by atoms with Crippen molar-refractivity contribution < 1.29 is 4.79 Å². The van der Waals surface area contributed by atoms with Crippen LogP contribution in [-0.2, 0) is 0 Å². The number of carbonyl (C=O) groups excluding carboxylic acids is 1. The molecule has 0 unspecified atom stereocenters. The van der Waals surface area contributed by atoms with E-state index in [1.807, 2.05) is 0 Å². The van der Waals surface area contributed by atoms with Crippen LogP contribution < -0.4 is 5.32 Å². The first-order valence-corrected chi connectivity index (χ1v) is 6.35. The second-order valence-electron chi connectivity index (χ2n) is 3.28. The molecule has 1 heterocycles. The highest BCUT2D eigenvalue weighted by Crippen LogP contribution is 2.30. The Balaban J connectivity index is 2.24. The van der Waals surface area contributed by atoms with E-state index in [2.05, 4.69) is 31.2 Å². The number of nitrogens with one attached hydrogen (secondary N) is 1. The molecule has 2 aromatic rings. The van der Waals surface area contributed by atoms with E-state index in [0.29, 0.717) is 15.2 Å². The summed E-state index contributed by atoms with van der Waals surface area (Å²) >= 11 is 14.9. The van der Waals surface area contributed by atoms with Crippen molar-refractivity contribution >= 4 is 50.7 Å². The summed E-state index contributed by atoms with van der Waals surface area (Å²) in [6, 6.07) is 5.15. The minimum atomic E-state index is -0.409. The average molecular weight is 347 g/mol. The summed E-state index contributed by atoms with van der Waals surface area (Å²) in [4.78, 5) is 19.6. The molecule has 0 radical (unpaired) electrons. The second kappa shape index (κ2) is 5.65. The SMILES string of the molecule is O=C(Nc1cccc(Cl)c1Br)c1cncc(Cl)n1. The number of nitrogens with zero attached hydrogens (tertiary/aromatic N) is 2. The van der Waals surface area contributed by atoms with E-state index < -0.39 is 5.91 Å². The van der Waals surface area contributed by atoms with E-state index in [4.69, 9.17) is 23.2 Å². The van der Waals surface area contributed by atoms with Gasteiger partial charge in [0.25, 0.3) is 5.91 Å². The van der Waals surface area contributed by atoms with Gasteiger partial charge >= 0.3 is 0 Å². The quantitative estimate of drug-likeness (QED) is 0.899. The van der Waals surface area contributed by atoms with Crippen LogP contribution in [-0.4, -0.2) is 15.9 Å². The Bertz CT molecular complexity index is 607. The number of benzene rings is 1. The van der Waals surface area contributed by atoms with Crippen molar-refractivity contribution in [2.75, 3.05) is 5.32 Å². The zero-order valence-electron chi connectivity index (χ0n) is 8.82. The van der Waals surface area contributed by atoms with Crippen molar-refractivity contribution in [1.29, 1.82) is 0 Å². The van der Waals surface area contributed by atoms with Crippen molar-refractivity contribution in [3.63, 3.8) is 0 Å². The lowest BCUT2D eigenvalue weighted by molar-refractivity contribution is 0.102. The molecular weight excluding hydrogens is 341 g/mol. The molecule has 1 aromatic heterocycles. The van der Waals surface area contributed by atoms with Gasteiger partial charge in [-0.05, 0) is 28.1 Å². The summed E-state index contributed by atoms with van der Waals surface area (Å²) in [5.74, 6) is -0.409. The van der Waals surface area contributed by atoms with E-state index >= 15 is 0 Å². The topological polar surface area (TPSA) is 54.9 Å². The molecule has 1 aromatic carbocycles. The average Bonchev–Trinajstić information content (AvgIpc) is 2.35. The lowest BCUT2D eigenvalue weighted by Crippen LogP contribution is -2.14. The summed E-state index contributed by atoms with van der Waals surface area (Å²) in [5.41, 5.74) is 0.684. The van der Waals surface area contributed by atoms with E-state index in [9.17, 15) is 4.79 Å². The van der Waals surface area contributed by atoms with Gasteiger partial charge in [-0.3, -0.25) is 9.78 Å². The summed E-state index contributed by atoms with van der Waals surface area (Å²) in [7, 11) is 0. The molecule has 1 amide bonds. The summed E-state index contributed by atoms with van der Waals surface area (Å²) in [6.45, 7) is 0. The van der Waals surface area contributed by atoms with Crippen molar-refractivity contribution in [1.82, 2.24) is 9.97 Å². The molecule has 7 heteroatoms. The largest absolute Gasteiger partial charge is 0.320 e. The number of halogens is 3. The minimum Gasteiger partial charge on any atom is -0.320 e. The number of rotatable bonds is 2. The van der Waals surface area contributed by atoms with Crippen LogP contribution in [0.3, 0.4) is 0 Å². The monoisotopic (exact) mass is 345 g/mol. The molecule has 92 valence electrons. The summed E-state index contributed by atoms with van der Waals surface area (Å²) in [6.07, 6.45) is 2.69. The zero-order chi connectivity index (χ0) is 13.1. The second-order valence-corrected chi connectivity index (χ2v) is 4.87. The summed E-state index contributed by atoms with van der Waals surface area (Å²) < 4.78 is 0.606. The van der Waals surface area contributed by atoms with Gasteiger partial charge in [-0.25, -0.2) is 4.98 Å². The predicted molar refractivity (Wildman–Crippen MR) is 74.1 cm³/mol. The number of anilines is 1. The molecule has 0 fully saturated rings. The zero-order valence-corrected chi connectivity index (χ0v) is 11.9. The van der Waals surface area contributed by atoms with Crippen LogP contribution in [0.1, 0.15) is 10.5 Å². The molecule has 18 heavy (non-hydrogen) atoms. The predicted octanol–water partition coefficient (Wildman–Crippen LogP) is 3.80. The summed E-state index contributed by atoms with van der Waals surface area (Å²) in [5, 5.41) is 3.33. The molecular formula is C11H6BrCl2N3O. The fourth-order valence-corrected chi connectivity index (χ4v) is 1.92. The standard InChI is InChI=1S/C11H6BrCl2N3O/c12-10-6(13)2-1-3-7(10)17-11(18)8-4-15-5-9(14)16-8/h1-5H,(H,17,18). The minimum absolute atomic E-state index is 0.134. The third-order valence-electron chi connectivity index (χ3n) is 2.04. The highest BCUT2D eigenvalue weighted by molar-refractivity contribution is 9.10. The Morgan fingerprint density at radius 3 is 2.78 bits per heavy atom. The van der Waals surface area contributed by atoms with Crippen molar-refractivity contribution in [3.8, 4) is 0 Å². The number of hydrogen-bond donors (Lipinski definition) is 1. The smallest absolute Gasteiger partial charge is 0.275 e. The lowest BCUT2D eigenvalue weighted by atomic mass is 10.3. The van der Waals surface area contributed by atoms with E-state index in [1.165, 1.54) is 12.4 Å². The van der Waals surface area contributed by atoms with E-state index in [0.717, 1.165) is 0 Å². The van der Waals surface area contributed by atoms with Gasteiger partial charge in [0.1, 0.15) is 10.8 Å². The first-order chi connectivity index (χ1) is 8.58. The van der Waals surface area contributed by atoms with Crippen molar-refractivity contribution in [3.05, 3.63) is 50.9 Å². The number of carbonyl (C=O) groups is 1. The van der Waals surface area contributed by atoms with Gasteiger partial charge in [0.15, 0.2) is 0 Å². The van der Waals surface area contributed by atoms with Crippen LogP contribution in [0.2, 0.25) is 10.2 Å². The Kier molecular flexibility index (Phi) is 4.16. The van der Waals surface area contributed by atoms with Gasteiger partial charge in [0, 0.05) is 0 Å². The third kappa shape index (κ3) is 2.98. The van der Waals surface area contributed by atoms with Crippen LogP contribution in [0.4, 0.5) is 5.69 Å². The van der Waals surface area contributed by atoms with Crippen LogP contribution in [0.15, 0.2) is 35.1 Å². The molecule has 0 bridgehead atoms. The fourth-order valence-electron chi connectivity index (χ4n) is 1.24. The number of hydrogen-bond acceptors (Lipinski definition) is 3. The van der Waals surface area contributed by atoms with Crippen LogP contribution in [0.5, 0.6) is 0 Å². The Labute approximate surface area is 121 Å². The maximum absolute atomic E-state index is 11.9. The van der Waals surface area contributed by atoms with Crippen LogP contribution >= 0.6 is 39.1 Å². The Morgan fingerprint density at radius 2 is 2.06 bits per heavy atom. The molecule has 0 aliphatic carbocycles. The van der Waals surface area contributed by atoms with Crippen molar-refractivity contribution in [2.24, 2.45) is 0 Å². The molecule has 0 atom stereocenters. The lowest BCUT2D eigenvalue weighted by Gasteiger charge is -2.07. The molecule has 4 nitrogen and oxygen atoms in total. The Hall–Kier alpha value is -1.17. The molecule has 0 aliphatic heterocycles. The van der Waals surface area contributed by atoms with Gasteiger partial charge in [0.2, 0.25) is 0 Å². The van der Waals surface area contributed by atoms with E-state index in [1.54, 1.807) is 18.2 Å². The fraction of sp³-hybridized carbons (Fsp3) is 0. The first kappa shape index (κ1) is 13.3. The highest BCUT2D eigenvalue weighted by Gasteiger charge is 2.11. The number of aromatic nitrogens is 2. The van der Waals surface area contributed by atoms with E-state index in [-0.39, 0.29) is 10.8 Å². The van der Waals surface area contributed by atoms with Gasteiger partial charge in [-0.2, -0.15) is 0 Å². The normalized spacial score (nSPS) is 10.2. The van der Waals surface area contributed by atoms with Crippen LogP contribution in [0, 0.1) is 0 Å². The van der Waals surface area contributed by atoms with Crippen LogP contribution in [0.25, 0.3) is 0 Å². The van der Waals surface area contributed by atoms with Gasteiger partial charge in [-0.15, -0.1) is 0 Å². The first-order valence-electron chi connectivity index (χ1n) is 4.81. The Morgan fingerprint density at radius 1 is 1.28 bits per heavy atom. The molecule has 1 N–H and O–H groups in total. The third-order valence-corrected chi connectivity index (χ3v) is 3.62. The van der Waals surface area contributed by atoms with Crippen molar-refractivity contribution in [2.45, 2.75) is 0 Å². The maximum Gasteiger partial charge on any atom is 0.275 e. The molecule has 0 aliphatic rings. The van der Waals surface area contributed by atoms with Gasteiger partial charge < -0.3 is 5.32 Å². The maximum atomic E-state index is 11.9. The van der Waals surface area contributed by atoms with Gasteiger partial charge in [-0.1, -0.05) is 29.3 Å². The number of amides is 1. The molecule has 0 spiro atoms. The highest BCUT2D eigenvalue weighted by atomic mass is 79.9. The van der Waals surface area contributed by atoms with Gasteiger partial charge in [0.05, 0.1) is 27.6 Å².